The Kier molecular flexibility index (Phi) is 2.50. The highest BCUT2D eigenvalue weighted by atomic mass is 127. The molecule has 1 aliphatic carbocycles. The van der Waals surface area contributed by atoms with E-state index in [0.717, 1.165) is 11.5 Å². The van der Waals surface area contributed by atoms with Crippen LogP contribution in [0.2, 0.25) is 0 Å². The molecular weight excluding hydrogens is 313 g/mol. The Morgan fingerprint density at radius 2 is 2.06 bits per heavy atom. The molecule has 1 fully saturated rings. The summed E-state index contributed by atoms with van der Waals surface area (Å²) in [5.74, 6) is 1.72. The molecular formula is C13H12INO. The van der Waals surface area contributed by atoms with Gasteiger partial charge in [0.15, 0.2) is 0 Å². The quantitative estimate of drug-likeness (QED) is 0.776. The second kappa shape index (κ2) is 3.87. The van der Waals surface area contributed by atoms with Gasteiger partial charge in [-0.05, 0) is 48.4 Å². The van der Waals surface area contributed by atoms with Crippen molar-refractivity contribution in [2.24, 2.45) is 0 Å². The third-order valence-corrected chi connectivity index (χ3v) is 3.98. The van der Waals surface area contributed by atoms with E-state index in [0.29, 0.717) is 5.92 Å². The molecule has 3 rings (SSSR count). The van der Waals surface area contributed by atoms with Crippen LogP contribution in [0.25, 0.3) is 11.3 Å². The van der Waals surface area contributed by atoms with E-state index in [2.05, 4.69) is 46.8 Å². The monoisotopic (exact) mass is 325 g/mol. The number of hydrogen-bond donors (Lipinski definition) is 0. The number of halogens is 1. The van der Waals surface area contributed by atoms with E-state index in [-0.39, 0.29) is 0 Å². The Morgan fingerprint density at radius 1 is 1.31 bits per heavy atom. The van der Waals surface area contributed by atoms with Crippen molar-refractivity contribution in [1.82, 2.24) is 5.16 Å². The summed E-state index contributed by atoms with van der Waals surface area (Å²) >= 11 is 2.34. The first-order valence-electron chi connectivity index (χ1n) is 5.48. The van der Waals surface area contributed by atoms with E-state index < -0.39 is 0 Å². The Morgan fingerprint density at radius 3 is 2.75 bits per heavy atom. The highest BCUT2D eigenvalue weighted by molar-refractivity contribution is 14.1. The van der Waals surface area contributed by atoms with E-state index in [1.165, 1.54) is 27.5 Å². The largest absolute Gasteiger partial charge is 0.360 e. The van der Waals surface area contributed by atoms with E-state index in [1.807, 2.05) is 12.1 Å². The van der Waals surface area contributed by atoms with Gasteiger partial charge in [0, 0.05) is 20.6 Å². The first-order valence-corrected chi connectivity index (χ1v) is 6.56. The molecule has 1 heterocycles. The predicted octanol–water partition coefficient (Wildman–Crippen LogP) is 4.13. The van der Waals surface area contributed by atoms with Crippen molar-refractivity contribution in [2.75, 3.05) is 0 Å². The summed E-state index contributed by atoms with van der Waals surface area (Å²) < 4.78 is 6.70. The third kappa shape index (κ3) is 1.67. The molecule has 82 valence electrons. The van der Waals surface area contributed by atoms with Gasteiger partial charge in [-0.3, -0.25) is 0 Å². The van der Waals surface area contributed by atoms with Crippen LogP contribution in [-0.2, 0) is 0 Å². The fourth-order valence-corrected chi connectivity index (χ4v) is 2.62. The van der Waals surface area contributed by atoms with Crippen LogP contribution in [0.1, 0.15) is 30.1 Å². The van der Waals surface area contributed by atoms with Gasteiger partial charge in [-0.25, -0.2) is 0 Å². The molecule has 0 unspecified atom stereocenters. The van der Waals surface area contributed by atoms with Crippen LogP contribution in [0.15, 0.2) is 28.8 Å². The second-order valence-electron chi connectivity index (χ2n) is 4.27. The SMILES string of the molecule is Cc1c(-c2ccccc2I)noc1C1CC1. The molecule has 1 aromatic carbocycles. The Balaban J connectivity index is 2.10. The molecule has 1 aromatic heterocycles. The first-order chi connectivity index (χ1) is 7.77. The van der Waals surface area contributed by atoms with Crippen molar-refractivity contribution < 1.29 is 4.52 Å². The molecule has 0 spiro atoms. The van der Waals surface area contributed by atoms with Crippen LogP contribution in [-0.4, -0.2) is 5.16 Å². The minimum atomic E-state index is 0.627. The van der Waals surface area contributed by atoms with Gasteiger partial charge in [0.25, 0.3) is 0 Å². The number of aromatic nitrogens is 1. The van der Waals surface area contributed by atoms with Crippen LogP contribution in [0.5, 0.6) is 0 Å². The maximum Gasteiger partial charge on any atom is 0.143 e. The lowest BCUT2D eigenvalue weighted by Gasteiger charge is -2.00. The molecule has 0 amide bonds. The number of nitrogens with zero attached hydrogens (tertiary/aromatic N) is 1. The minimum absolute atomic E-state index is 0.627. The number of rotatable bonds is 2. The van der Waals surface area contributed by atoms with Gasteiger partial charge in [0.2, 0.25) is 0 Å². The Hall–Kier alpha value is -0.840. The molecule has 0 atom stereocenters. The zero-order chi connectivity index (χ0) is 11.1. The van der Waals surface area contributed by atoms with Crippen LogP contribution >= 0.6 is 22.6 Å². The maximum absolute atomic E-state index is 5.48. The molecule has 1 saturated carbocycles. The smallest absolute Gasteiger partial charge is 0.143 e. The Bertz CT molecular complexity index is 528. The lowest BCUT2D eigenvalue weighted by Crippen LogP contribution is -1.85. The summed E-state index contributed by atoms with van der Waals surface area (Å²) in [6, 6.07) is 8.29. The zero-order valence-corrected chi connectivity index (χ0v) is 11.2. The van der Waals surface area contributed by atoms with Crippen molar-refractivity contribution in [2.45, 2.75) is 25.7 Å². The normalized spacial score (nSPS) is 15.4. The number of hydrogen-bond acceptors (Lipinski definition) is 2. The number of benzene rings is 1. The minimum Gasteiger partial charge on any atom is -0.360 e. The van der Waals surface area contributed by atoms with Crippen LogP contribution in [0.4, 0.5) is 0 Å². The molecule has 0 N–H and O–H groups in total. The first kappa shape index (κ1) is 10.3. The fraction of sp³-hybridized carbons (Fsp3) is 0.308. The standard InChI is InChI=1S/C13H12INO/c1-8-12(10-4-2-3-5-11(10)14)15-16-13(8)9-6-7-9/h2-5,9H,6-7H2,1H3. The van der Waals surface area contributed by atoms with E-state index >= 15 is 0 Å². The summed E-state index contributed by atoms with van der Waals surface area (Å²) in [4.78, 5) is 0. The van der Waals surface area contributed by atoms with Gasteiger partial charge in [-0.2, -0.15) is 0 Å². The van der Waals surface area contributed by atoms with E-state index in [1.54, 1.807) is 0 Å². The summed E-state index contributed by atoms with van der Waals surface area (Å²) in [5.41, 5.74) is 3.40. The average Bonchev–Trinajstić information content (AvgIpc) is 3.05. The topological polar surface area (TPSA) is 26.0 Å². The second-order valence-corrected chi connectivity index (χ2v) is 5.44. The van der Waals surface area contributed by atoms with Gasteiger partial charge in [0.05, 0.1) is 0 Å². The predicted molar refractivity (Wildman–Crippen MR) is 71.4 cm³/mol. The van der Waals surface area contributed by atoms with E-state index in [4.69, 9.17) is 4.52 Å². The van der Waals surface area contributed by atoms with Crippen molar-refractivity contribution in [1.29, 1.82) is 0 Å². The molecule has 0 radical (unpaired) electrons. The average molecular weight is 325 g/mol. The van der Waals surface area contributed by atoms with Crippen LogP contribution in [0.3, 0.4) is 0 Å². The van der Waals surface area contributed by atoms with E-state index in [9.17, 15) is 0 Å². The van der Waals surface area contributed by atoms with Crippen LogP contribution in [0, 0.1) is 10.5 Å². The van der Waals surface area contributed by atoms with Gasteiger partial charge in [0.1, 0.15) is 11.5 Å². The molecule has 3 heteroatoms. The Labute approximate surface area is 108 Å². The summed E-state index contributed by atoms with van der Waals surface area (Å²) in [5, 5.41) is 4.23. The molecule has 2 nitrogen and oxygen atoms in total. The fourth-order valence-electron chi connectivity index (χ4n) is 1.98. The van der Waals surface area contributed by atoms with Crippen molar-refractivity contribution in [3.05, 3.63) is 39.2 Å². The van der Waals surface area contributed by atoms with Crippen molar-refractivity contribution in [3.63, 3.8) is 0 Å². The molecule has 0 saturated heterocycles. The highest BCUT2D eigenvalue weighted by Gasteiger charge is 2.31. The molecule has 2 aromatic rings. The van der Waals surface area contributed by atoms with Gasteiger partial charge in [-0.1, -0.05) is 23.4 Å². The molecule has 0 bridgehead atoms. The van der Waals surface area contributed by atoms with Crippen molar-refractivity contribution >= 4 is 22.6 Å². The summed E-state index contributed by atoms with van der Waals surface area (Å²) in [7, 11) is 0. The van der Waals surface area contributed by atoms with Gasteiger partial charge < -0.3 is 4.52 Å². The third-order valence-electron chi connectivity index (χ3n) is 3.04. The van der Waals surface area contributed by atoms with Crippen molar-refractivity contribution in [3.8, 4) is 11.3 Å². The van der Waals surface area contributed by atoms with Gasteiger partial charge >= 0.3 is 0 Å². The summed E-state index contributed by atoms with van der Waals surface area (Å²) in [6.07, 6.45) is 2.50. The molecule has 0 aliphatic heterocycles. The lowest BCUT2D eigenvalue weighted by atomic mass is 10.1. The highest BCUT2D eigenvalue weighted by Crippen LogP contribution is 2.43. The zero-order valence-electron chi connectivity index (χ0n) is 9.03. The van der Waals surface area contributed by atoms with Gasteiger partial charge in [-0.15, -0.1) is 0 Å². The molecule has 16 heavy (non-hydrogen) atoms. The lowest BCUT2D eigenvalue weighted by molar-refractivity contribution is 0.385. The van der Waals surface area contributed by atoms with Crippen LogP contribution < -0.4 is 0 Å². The summed E-state index contributed by atoms with van der Waals surface area (Å²) in [6.45, 7) is 2.11. The maximum atomic E-state index is 5.48. The molecule has 1 aliphatic rings.